The van der Waals surface area contributed by atoms with Crippen molar-refractivity contribution in [2.45, 2.75) is 248 Å². The molecule has 0 radical (unpaired) electrons. The number of methoxy groups -OCH3 is 1. The van der Waals surface area contributed by atoms with Gasteiger partial charge in [0, 0.05) is 51.7 Å². The molecule has 0 bridgehead atoms. The Bertz CT molecular complexity index is 1920. The largest absolute Gasteiger partial charge is 0.499 e. The number of aliphatic hydroxyl groups is 1. The van der Waals surface area contributed by atoms with E-state index >= 15 is 0 Å². The van der Waals surface area contributed by atoms with Crippen LogP contribution in [-0.4, -0.2) is 143 Å². The summed E-state index contributed by atoms with van der Waals surface area (Å²) in [5, 5.41) is 9.72. The zero-order valence-electron chi connectivity index (χ0n) is 53.0. The maximum Gasteiger partial charge on any atom is 0.312 e. The summed E-state index contributed by atoms with van der Waals surface area (Å²) in [6, 6.07) is 0. The molecule has 85 heavy (non-hydrogen) atoms. The molecular formula is C64H110O21. The molecule has 12 atom stereocenters. The molecular weight excluding hydrogens is 1100 g/mol. The van der Waals surface area contributed by atoms with Gasteiger partial charge in [-0.2, -0.15) is 0 Å². The Morgan fingerprint density at radius 1 is 0.459 bits per heavy atom. The quantitative estimate of drug-likeness (QED) is 0.199. The molecule has 0 aromatic rings. The fraction of sp³-hybridized carbons (Fsp3) is 0.812. The minimum Gasteiger partial charge on any atom is -0.499 e. The maximum absolute atomic E-state index is 10.9. The summed E-state index contributed by atoms with van der Waals surface area (Å²) in [6.07, 6.45) is 18.4. The van der Waals surface area contributed by atoms with Crippen LogP contribution in [0.4, 0.5) is 0 Å². The number of ether oxygens (including phenoxy) is 12. The topological polar surface area (TPSA) is 268 Å². The second-order valence-corrected chi connectivity index (χ2v) is 23.4. The molecule has 0 amide bonds. The molecule has 1 N–H and O–H groups in total. The van der Waals surface area contributed by atoms with Crippen LogP contribution in [0.25, 0.3) is 0 Å². The summed E-state index contributed by atoms with van der Waals surface area (Å²) in [6.45, 7) is 33.8. The van der Waals surface area contributed by atoms with Crippen LogP contribution in [0.3, 0.4) is 0 Å². The molecule has 0 saturated carbocycles. The Morgan fingerprint density at radius 2 is 1.05 bits per heavy atom. The van der Waals surface area contributed by atoms with E-state index in [0.717, 1.165) is 94.9 Å². The Morgan fingerprint density at radius 3 is 1.32 bits per heavy atom. The Kier molecular flexibility index (Phi) is 42.3. The molecule has 11 fully saturated rings. The lowest BCUT2D eigenvalue weighted by Gasteiger charge is -2.33. The molecule has 0 spiro atoms. The molecule has 0 aromatic heterocycles. The molecule has 11 aliphatic heterocycles. The van der Waals surface area contributed by atoms with Gasteiger partial charge in [-0.3, -0.25) is 38.4 Å². The van der Waals surface area contributed by atoms with Gasteiger partial charge in [-0.1, -0.05) is 62.1 Å². The maximum atomic E-state index is 10.9. The molecule has 0 aliphatic carbocycles. The highest BCUT2D eigenvalue weighted by atomic mass is 16.7. The SMILES string of the molecule is C.C=C1CC(C)CCO1.C=C1CCC(C)O1.CC1CC(=O)O1.CC1CCC(=O)OC1.CC1CCCC(=O)O1.CC1CCCOC1=O.CC1CCOC1=O.CC1COC(=O)C1.CC1COC1=O.CCC1(O)CC(=O)OC(C)C1.COC1CCCCO1. The Labute approximate surface area is 508 Å². The highest BCUT2D eigenvalue weighted by Gasteiger charge is 2.36. The second kappa shape index (κ2) is 45.1. The van der Waals surface area contributed by atoms with Crippen LogP contribution in [0.5, 0.6) is 0 Å². The minimum absolute atomic E-state index is 0. The van der Waals surface area contributed by atoms with Gasteiger partial charge in [-0.25, -0.2) is 0 Å². The number of hydrogen-bond acceptors (Lipinski definition) is 21. The van der Waals surface area contributed by atoms with Crippen LogP contribution < -0.4 is 0 Å². The van der Waals surface area contributed by atoms with Crippen LogP contribution in [0.1, 0.15) is 212 Å². The van der Waals surface area contributed by atoms with Crippen LogP contribution in [0.2, 0.25) is 0 Å². The highest BCUT2D eigenvalue weighted by Crippen LogP contribution is 2.28. The highest BCUT2D eigenvalue weighted by molar-refractivity contribution is 5.77. The molecule has 21 heteroatoms. The van der Waals surface area contributed by atoms with E-state index in [1.54, 1.807) is 14.0 Å². The smallest absolute Gasteiger partial charge is 0.312 e. The summed E-state index contributed by atoms with van der Waals surface area (Å²) in [5.41, 5.74) is -0.811. The zero-order valence-corrected chi connectivity index (χ0v) is 53.0. The van der Waals surface area contributed by atoms with Crippen LogP contribution in [0.15, 0.2) is 24.7 Å². The van der Waals surface area contributed by atoms with E-state index in [2.05, 4.69) is 52.9 Å². The molecule has 11 heterocycles. The van der Waals surface area contributed by atoms with Crippen molar-refractivity contribution in [1.82, 2.24) is 0 Å². The van der Waals surface area contributed by atoms with Crippen LogP contribution in [-0.2, 0) is 95.2 Å². The predicted molar refractivity (Wildman–Crippen MR) is 318 cm³/mol. The number of rotatable bonds is 2. The van der Waals surface area contributed by atoms with Crippen molar-refractivity contribution in [3.8, 4) is 0 Å². The first-order chi connectivity index (χ1) is 39.6. The van der Waals surface area contributed by atoms with Gasteiger partial charge in [0.15, 0.2) is 6.29 Å². The summed E-state index contributed by atoms with van der Waals surface area (Å²) in [7, 11) is 1.69. The van der Waals surface area contributed by atoms with Gasteiger partial charge in [0.25, 0.3) is 0 Å². The first kappa shape index (κ1) is 79.7. The Balaban J connectivity index is 0.000000915. The summed E-state index contributed by atoms with van der Waals surface area (Å²) >= 11 is 0. The lowest BCUT2D eigenvalue weighted by Crippen LogP contribution is -2.41. The van der Waals surface area contributed by atoms with Crippen LogP contribution in [0, 0.1) is 35.5 Å². The van der Waals surface area contributed by atoms with E-state index in [0.29, 0.717) is 89.5 Å². The van der Waals surface area contributed by atoms with Crippen LogP contribution >= 0.6 is 0 Å². The van der Waals surface area contributed by atoms with Crippen molar-refractivity contribution >= 4 is 47.8 Å². The number of carbonyl (C=O) groups is 8. The monoisotopic (exact) mass is 1210 g/mol. The number of cyclic esters (lactones) is 8. The zero-order chi connectivity index (χ0) is 63.2. The lowest BCUT2D eigenvalue weighted by molar-refractivity contribution is -0.169. The summed E-state index contributed by atoms with van der Waals surface area (Å²) < 4.78 is 57.9. The predicted octanol–water partition coefficient (Wildman–Crippen LogP) is 11.0. The first-order valence-corrected chi connectivity index (χ1v) is 30.5. The third kappa shape index (κ3) is 39.9. The standard InChI is InChI=1S/C8H14O3.C7H12O.C6H10O2.C6H12O2.2C6H10O2.C6H10O.2C5H8O2.2C4H6O2.CH4/c1-3-8(10)4-6(2)11-7(9)5-8;1-6-3-4-8-7(2)5-6;1-5-2-3-6(7)8-4-5;1-7-6-4-2-3-5-8-6;1-5-3-2-4-8-6(5)7;1-5-3-2-4-6(7)8-5;1-5-3-4-6(2)7-5;1-4-2-5(6)7-3-4;1-4-2-3-7-5(4)6;1-3-2-6-4(3)5;1-3-2-4(5)6-3;/h6,10H,3-5H2,1-2H3;6H,2-5H2,1H3;5H,2-4H2,1H3;6H,2-5H2,1H3;2*5H,2-4H2,1H3;6H,1,3-4H2,2H3;2*4H,2-3H2,1H3;2*3H,2H2,1H3;1H4. The number of hydrogen-bond donors (Lipinski definition) is 1. The van der Waals surface area contributed by atoms with Gasteiger partial charge in [0.05, 0.1) is 99.4 Å². The molecule has 21 nitrogen and oxygen atoms in total. The van der Waals surface area contributed by atoms with E-state index in [1.165, 1.54) is 19.3 Å². The van der Waals surface area contributed by atoms with Gasteiger partial charge >= 0.3 is 47.8 Å². The van der Waals surface area contributed by atoms with Gasteiger partial charge in [-0.15, -0.1) is 0 Å². The minimum atomic E-state index is -0.811. The van der Waals surface area contributed by atoms with Crippen molar-refractivity contribution in [1.29, 1.82) is 0 Å². The van der Waals surface area contributed by atoms with Crippen molar-refractivity contribution in [3.63, 3.8) is 0 Å². The van der Waals surface area contributed by atoms with Gasteiger partial charge in [-0.05, 0) is 124 Å². The van der Waals surface area contributed by atoms with E-state index in [4.69, 9.17) is 37.9 Å². The molecule has 11 aliphatic rings. The van der Waals surface area contributed by atoms with Crippen molar-refractivity contribution in [2.75, 3.05) is 53.4 Å². The van der Waals surface area contributed by atoms with E-state index < -0.39 is 5.60 Å². The first-order valence-electron chi connectivity index (χ1n) is 30.5. The van der Waals surface area contributed by atoms with Crippen molar-refractivity contribution < 1.29 is 100 Å². The van der Waals surface area contributed by atoms with Crippen molar-refractivity contribution in [3.05, 3.63) is 24.7 Å². The lowest BCUT2D eigenvalue weighted by atomic mass is 9.88. The van der Waals surface area contributed by atoms with Crippen molar-refractivity contribution in [2.24, 2.45) is 35.5 Å². The third-order valence-corrected chi connectivity index (χ3v) is 14.3. The fourth-order valence-electron chi connectivity index (χ4n) is 8.53. The van der Waals surface area contributed by atoms with Gasteiger partial charge in [0.2, 0.25) is 0 Å². The summed E-state index contributed by atoms with van der Waals surface area (Å²) in [5.74, 6) is 3.59. The van der Waals surface area contributed by atoms with Gasteiger partial charge < -0.3 is 61.9 Å². The number of allylic oxidation sites excluding steroid dienone is 2. The molecule has 12 unspecified atom stereocenters. The van der Waals surface area contributed by atoms with Gasteiger partial charge in [0.1, 0.15) is 18.8 Å². The third-order valence-electron chi connectivity index (χ3n) is 14.3. The molecule has 492 valence electrons. The molecule has 11 saturated heterocycles. The average Bonchev–Trinajstić information content (AvgIpc) is 4.37. The molecule has 11 rings (SSSR count). The second-order valence-electron chi connectivity index (χ2n) is 23.4. The summed E-state index contributed by atoms with van der Waals surface area (Å²) in [4.78, 5) is 82.8. The van der Waals surface area contributed by atoms with E-state index in [-0.39, 0.29) is 104 Å². The average molecular weight is 1220 g/mol. The number of carbonyl (C=O) groups excluding carboxylic acids is 8. The van der Waals surface area contributed by atoms with E-state index in [9.17, 15) is 43.5 Å². The number of esters is 8. The van der Waals surface area contributed by atoms with E-state index in [1.807, 2.05) is 48.5 Å². The molecule has 0 aromatic carbocycles. The fourth-order valence-corrected chi connectivity index (χ4v) is 8.53. The Hall–Kier alpha value is -5.28. The normalized spacial score (nSPS) is 31.0.